The fourth-order valence-corrected chi connectivity index (χ4v) is 2.09. The summed E-state index contributed by atoms with van der Waals surface area (Å²) in [6, 6.07) is 15.7. The minimum Gasteiger partial charge on any atom is -0.493 e. The first-order chi connectivity index (χ1) is 9.63. The number of ether oxygens (including phenoxy) is 1. The van der Waals surface area contributed by atoms with Gasteiger partial charge in [-0.15, -0.1) is 0 Å². The van der Waals surface area contributed by atoms with Gasteiger partial charge in [0.2, 0.25) is 0 Å². The first-order valence-electron chi connectivity index (χ1n) is 6.70. The predicted octanol–water partition coefficient (Wildman–Crippen LogP) is 4.06. The zero-order valence-electron chi connectivity index (χ0n) is 12.1. The van der Waals surface area contributed by atoms with E-state index in [1.54, 1.807) is 6.92 Å². The van der Waals surface area contributed by atoms with E-state index in [1.807, 2.05) is 62.5 Å². The highest BCUT2D eigenvalue weighted by molar-refractivity contribution is 5.97. The van der Waals surface area contributed by atoms with Gasteiger partial charge in [0.25, 0.3) is 0 Å². The molecule has 3 nitrogen and oxygen atoms in total. The number of rotatable bonds is 5. The van der Waals surface area contributed by atoms with Gasteiger partial charge >= 0.3 is 0 Å². The van der Waals surface area contributed by atoms with E-state index < -0.39 is 0 Å². The van der Waals surface area contributed by atoms with Gasteiger partial charge in [0.1, 0.15) is 5.75 Å². The van der Waals surface area contributed by atoms with Crippen LogP contribution in [0, 0.1) is 0 Å². The Kier molecular flexibility index (Phi) is 4.41. The van der Waals surface area contributed by atoms with Crippen LogP contribution in [0.1, 0.15) is 24.2 Å². The molecule has 104 valence electrons. The first-order valence-corrected chi connectivity index (χ1v) is 6.70. The van der Waals surface area contributed by atoms with Crippen molar-refractivity contribution in [2.45, 2.75) is 13.8 Å². The van der Waals surface area contributed by atoms with E-state index >= 15 is 0 Å². The molecule has 0 atom stereocenters. The highest BCUT2D eigenvalue weighted by atomic mass is 16.5. The Bertz CT molecular complexity index is 593. The monoisotopic (exact) mass is 269 g/mol. The van der Waals surface area contributed by atoms with Crippen molar-refractivity contribution >= 4 is 17.2 Å². The quantitative estimate of drug-likeness (QED) is 0.767. The van der Waals surface area contributed by atoms with E-state index in [0.717, 1.165) is 11.4 Å². The zero-order chi connectivity index (χ0) is 14.5. The Morgan fingerprint density at radius 1 is 1.10 bits per heavy atom. The predicted molar refractivity (Wildman–Crippen MR) is 82.1 cm³/mol. The molecule has 0 aliphatic heterocycles. The topological polar surface area (TPSA) is 29.5 Å². The molecular weight excluding hydrogens is 250 g/mol. The van der Waals surface area contributed by atoms with Gasteiger partial charge in [-0.1, -0.05) is 18.2 Å². The van der Waals surface area contributed by atoms with Gasteiger partial charge in [0.15, 0.2) is 5.78 Å². The van der Waals surface area contributed by atoms with E-state index in [9.17, 15) is 4.79 Å². The number of carbonyl (C=O) groups excluding carboxylic acids is 1. The summed E-state index contributed by atoms with van der Waals surface area (Å²) in [6.07, 6.45) is 0. The molecule has 3 heteroatoms. The molecule has 0 aliphatic carbocycles. The minimum absolute atomic E-state index is 0.0161. The number of Topliss-reactive ketones (excluding diaryl/α,β-unsaturated/α-hetero) is 1. The van der Waals surface area contributed by atoms with Crippen LogP contribution in [0.5, 0.6) is 5.75 Å². The number of anilines is 2. The number of ketones is 1. The standard InChI is InChI=1S/C17H19NO2/c1-4-20-17-12-15(10-11-16(17)13(2)19)18(3)14-8-6-5-7-9-14/h5-12H,4H2,1-3H3. The summed E-state index contributed by atoms with van der Waals surface area (Å²) in [4.78, 5) is 13.7. The maximum Gasteiger partial charge on any atom is 0.163 e. The number of nitrogens with zero attached hydrogens (tertiary/aromatic N) is 1. The summed E-state index contributed by atoms with van der Waals surface area (Å²) in [7, 11) is 1.99. The zero-order valence-corrected chi connectivity index (χ0v) is 12.1. The summed E-state index contributed by atoms with van der Waals surface area (Å²) < 4.78 is 5.58. The molecule has 0 bridgehead atoms. The van der Waals surface area contributed by atoms with Crippen LogP contribution in [0.25, 0.3) is 0 Å². The summed E-state index contributed by atoms with van der Waals surface area (Å²) >= 11 is 0. The van der Waals surface area contributed by atoms with Gasteiger partial charge in [-0.25, -0.2) is 0 Å². The maximum absolute atomic E-state index is 11.6. The van der Waals surface area contributed by atoms with E-state index in [0.29, 0.717) is 17.9 Å². The second-order valence-corrected chi connectivity index (χ2v) is 4.56. The number of benzene rings is 2. The molecule has 2 aromatic rings. The molecule has 0 amide bonds. The van der Waals surface area contributed by atoms with Crippen LogP contribution in [-0.2, 0) is 0 Å². The Labute approximate surface area is 119 Å². The van der Waals surface area contributed by atoms with Crippen molar-refractivity contribution in [2.24, 2.45) is 0 Å². The molecule has 0 spiro atoms. The Morgan fingerprint density at radius 2 is 1.80 bits per heavy atom. The normalized spacial score (nSPS) is 10.2. The average Bonchev–Trinajstić information content (AvgIpc) is 2.47. The van der Waals surface area contributed by atoms with E-state index in [4.69, 9.17) is 4.74 Å². The van der Waals surface area contributed by atoms with Crippen molar-refractivity contribution in [3.63, 3.8) is 0 Å². The molecule has 0 aliphatic rings. The van der Waals surface area contributed by atoms with Gasteiger partial charge in [-0.3, -0.25) is 4.79 Å². The highest BCUT2D eigenvalue weighted by Crippen LogP contribution is 2.29. The molecule has 0 saturated heterocycles. The van der Waals surface area contributed by atoms with Crippen LogP contribution in [0.2, 0.25) is 0 Å². The number of hydrogen-bond donors (Lipinski definition) is 0. The van der Waals surface area contributed by atoms with Crippen molar-refractivity contribution in [2.75, 3.05) is 18.6 Å². The second-order valence-electron chi connectivity index (χ2n) is 4.56. The molecule has 0 aromatic heterocycles. The summed E-state index contributed by atoms with van der Waals surface area (Å²) in [6.45, 7) is 4.01. The SMILES string of the molecule is CCOc1cc(N(C)c2ccccc2)ccc1C(C)=O. The molecule has 0 N–H and O–H groups in total. The molecule has 0 saturated carbocycles. The molecule has 2 rings (SSSR count). The number of carbonyl (C=O) groups is 1. The third-order valence-corrected chi connectivity index (χ3v) is 3.18. The third kappa shape index (κ3) is 2.99. The third-order valence-electron chi connectivity index (χ3n) is 3.18. The molecule has 2 aromatic carbocycles. The summed E-state index contributed by atoms with van der Waals surface area (Å²) in [5.41, 5.74) is 2.70. The maximum atomic E-state index is 11.6. The van der Waals surface area contributed by atoms with Gasteiger partial charge in [-0.2, -0.15) is 0 Å². The molecule has 0 heterocycles. The van der Waals surface area contributed by atoms with Crippen molar-refractivity contribution in [3.8, 4) is 5.75 Å². The lowest BCUT2D eigenvalue weighted by Crippen LogP contribution is -2.10. The minimum atomic E-state index is 0.0161. The van der Waals surface area contributed by atoms with Gasteiger partial charge < -0.3 is 9.64 Å². The lowest BCUT2D eigenvalue weighted by molar-refractivity contribution is 0.101. The molecule has 0 fully saturated rings. The lowest BCUT2D eigenvalue weighted by atomic mass is 10.1. The molecule has 0 unspecified atom stereocenters. The second kappa shape index (κ2) is 6.24. The van der Waals surface area contributed by atoms with Crippen molar-refractivity contribution in [3.05, 3.63) is 54.1 Å². The highest BCUT2D eigenvalue weighted by Gasteiger charge is 2.11. The van der Waals surface area contributed by atoms with E-state index in [-0.39, 0.29) is 5.78 Å². The van der Waals surface area contributed by atoms with Crippen LogP contribution in [0.3, 0.4) is 0 Å². The fourth-order valence-electron chi connectivity index (χ4n) is 2.09. The first kappa shape index (κ1) is 14.1. The largest absolute Gasteiger partial charge is 0.493 e. The fraction of sp³-hybridized carbons (Fsp3) is 0.235. The molecular formula is C17H19NO2. The lowest BCUT2D eigenvalue weighted by Gasteiger charge is -2.21. The smallest absolute Gasteiger partial charge is 0.163 e. The Morgan fingerprint density at radius 3 is 2.40 bits per heavy atom. The van der Waals surface area contributed by atoms with Gasteiger partial charge in [-0.05, 0) is 38.1 Å². The van der Waals surface area contributed by atoms with E-state index in [2.05, 4.69) is 4.90 Å². The van der Waals surface area contributed by atoms with Crippen LogP contribution in [0.4, 0.5) is 11.4 Å². The molecule has 0 radical (unpaired) electrons. The Balaban J connectivity index is 2.38. The van der Waals surface area contributed by atoms with Crippen molar-refractivity contribution in [1.29, 1.82) is 0 Å². The summed E-state index contributed by atoms with van der Waals surface area (Å²) in [5.74, 6) is 0.655. The van der Waals surface area contributed by atoms with Crippen LogP contribution in [0.15, 0.2) is 48.5 Å². The average molecular weight is 269 g/mol. The van der Waals surface area contributed by atoms with Crippen molar-refractivity contribution in [1.82, 2.24) is 0 Å². The summed E-state index contributed by atoms with van der Waals surface area (Å²) in [5, 5.41) is 0. The van der Waals surface area contributed by atoms with Crippen LogP contribution in [-0.4, -0.2) is 19.4 Å². The number of para-hydroxylation sites is 1. The van der Waals surface area contributed by atoms with Crippen molar-refractivity contribution < 1.29 is 9.53 Å². The number of hydrogen-bond acceptors (Lipinski definition) is 3. The van der Waals surface area contributed by atoms with Gasteiger partial charge in [0, 0.05) is 24.5 Å². The van der Waals surface area contributed by atoms with E-state index in [1.165, 1.54) is 0 Å². The molecule has 20 heavy (non-hydrogen) atoms. The van der Waals surface area contributed by atoms with Gasteiger partial charge in [0.05, 0.1) is 12.2 Å². The van der Waals surface area contributed by atoms with Crippen LogP contribution >= 0.6 is 0 Å². The van der Waals surface area contributed by atoms with Crippen LogP contribution < -0.4 is 9.64 Å². The Hall–Kier alpha value is -2.29.